The molecule has 1 aromatic heterocycles. The van der Waals surface area contributed by atoms with E-state index in [0.29, 0.717) is 5.82 Å². The minimum atomic E-state index is -0.243. The normalized spacial score (nSPS) is 10.6. The zero-order valence-electron chi connectivity index (χ0n) is 10.4. The van der Waals surface area contributed by atoms with E-state index in [1.54, 1.807) is 12.4 Å². The minimum Gasteiger partial charge on any atom is -0.282 e. The molecule has 0 bridgehead atoms. The van der Waals surface area contributed by atoms with Crippen LogP contribution < -0.4 is 0 Å². The molecule has 19 heavy (non-hydrogen) atoms. The Kier molecular flexibility index (Phi) is 2.83. The van der Waals surface area contributed by atoms with E-state index in [1.807, 2.05) is 41.8 Å². The van der Waals surface area contributed by atoms with Gasteiger partial charge in [-0.25, -0.2) is 4.39 Å². The third-order valence-electron chi connectivity index (χ3n) is 3.01. The highest BCUT2D eigenvalue weighted by atomic mass is 19.1. The second-order valence-electron chi connectivity index (χ2n) is 4.32. The zero-order chi connectivity index (χ0) is 13.2. The number of aromatic nitrogens is 3. The van der Waals surface area contributed by atoms with Crippen LogP contribution in [0.2, 0.25) is 0 Å². The van der Waals surface area contributed by atoms with Gasteiger partial charge in [0.2, 0.25) is 0 Å². The van der Waals surface area contributed by atoms with E-state index in [0.717, 1.165) is 16.8 Å². The van der Waals surface area contributed by atoms with E-state index in [1.165, 1.54) is 12.1 Å². The van der Waals surface area contributed by atoms with Crippen molar-refractivity contribution in [2.24, 2.45) is 0 Å². The predicted octanol–water partition coefficient (Wildman–Crippen LogP) is 3.38. The first-order chi connectivity index (χ1) is 9.25. The maximum absolute atomic E-state index is 13.2. The van der Waals surface area contributed by atoms with E-state index in [2.05, 4.69) is 10.2 Å². The Morgan fingerprint density at radius 3 is 2.58 bits per heavy atom. The molecule has 4 heteroatoms. The van der Waals surface area contributed by atoms with Crippen molar-refractivity contribution in [1.29, 1.82) is 0 Å². The van der Waals surface area contributed by atoms with Crippen LogP contribution in [0, 0.1) is 12.7 Å². The fourth-order valence-electron chi connectivity index (χ4n) is 2.07. The topological polar surface area (TPSA) is 30.7 Å². The van der Waals surface area contributed by atoms with Gasteiger partial charge >= 0.3 is 0 Å². The second kappa shape index (κ2) is 4.65. The molecular weight excluding hydrogens is 241 g/mol. The van der Waals surface area contributed by atoms with Crippen molar-refractivity contribution in [2.45, 2.75) is 6.92 Å². The molecule has 3 aromatic rings. The van der Waals surface area contributed by atoms with Gasteiger partial charge in [-0.3, -0.25) is 4.57 Å². The second-order valence-corrected chi connectivity index (χ2v) is 4.32. The van der Waals surface area contributed by atoms with E-state index in [4.69, 9.17) is 0 Å². The maximum atomic E-state index is 13.2. The third-order valence-corrected chi connectivity index (χ3v) is 3.01. The largest absolute Gasteiger partial charge is 0.282 e. The van der Waals surface area contributed by atoms with Crippen molar-refractivity contribution in [1.82, 2.24) is 14.8 Å². The Morgan fingerprint density at radius 2 is 1.84 bits per heavy atom. The van der Waals surface area contributed by atoms with Crippen molar-refractivity contribution < 1.29 is 4.39 Å². The molecule has 0 saturated heterocycles. The average molecular weight is 253 g/mol. The Morgan fingerprint density at radius 1 is 1.05 bits per heavy atom. The quantitative estimate of drug-likeness (QED) is 0.701. The first-order valence-corrected chi connectivity index (χ1v) is 5.97. The van der Waals surface area contributed by atoms with Crippen LogP contribution in [0.3, 0.4) is 0 Å². The molecule has 0 unspecified atom stereocenters. The van der Waals surface area contributed by atoms with Crippen LogP contribution in [0.5, 0.6) is 0 Å². The lowest BCUT2D eigenvalue weighted by Crippen LogP contribution is -1.97. The number of nitrogens with zero attached hydrogens (tertiary/aromatic N) is 3. The van der Waals surface area contributed by atoms with Crippen molar-refractivity contribution >= 4 is 0 Å². The summed E-state index contributed by atoms with van der Waals surface area (Å²) in [6.07, 6.45) is 1.66. The summed E-state index contributed by atoms with van der Waals surface area (Å²) >= 11 is 0. The van der Waals surface area contributed by atoms with Gasteiger partial charge in [-0.15, -0.1) is 10.2 Å². The molecule has 0 aliphatic carbocycles. The Balaban J connectivity index is 2.15. The van der Waals surface area contributed by atoms with Gasteiger partial charge in [0.1, 0.15) is 12.1 Å². The van der Waals surface area contributed by atoms with Gasteiger partial charge in [0, 0.05) is 11.3 Å². The van der Waals surface area contributed by atoms with Gasteiger partial charge < -0.3 is 0 Å². The van der Waals surface area contributed by atoms with E-state index in [-0.39, 0.29) is 5.82 Å². The summed E-state index contributed by atoms with van der Waals surface area (Å²) in [5.41, 5.74) is 2.69. The van der Waals surface area contributed by atoms with Crippen molar-refractivity contribution in [3.05, 3.63) is 66.2 Å². The highest BCUT2D eigenvalue weighted by Crippen LogP contribution is 2.24. The molecule has 3 rings (SSSR count). The fraction of sp³-hybridized carbons (Fsp3) is 0.0667. The molecule has 0 aliphatic heterocycles. The predicted molar refractivity (Wildman–Crippen MR) is 71.5 cm³/mol. The lowest BCUT2D eigenvalue weighted by molar-refractivity contribution is 0.627. The first kappa shape index (κ1) is 11.6. The smallest absolute Gasteiger partial charge is 0.168 e. The van der Waals surface area contributed by atoms with Gasteiger partial charge in [-0.2, -0.15) is 0 Å². The maximum Gasteiger partial charge on any atom is 0.168 e. The monoisotopic (exact) mass is 253 g/mol. The number of benzene rings is 2. The number of rotatable bonds is 2. The van der Waals surface area contributed by atoms with Gasteiger partial charge in [0.05, 0.1) is 0 Å². The SMILES string of the molecule is Cc1cc(F)ccc1-c1nncn1-c1ccccc1. The highest BCUT2D eigenvalue weighted by Gasteiger charge is 2.11. The lowest BCUT2D eigenvalue weighted by Gasteiger charge is -2.08. The molecule has 0 aliphatic rings. The summed E-state index contributed by atoms with van der Waals surface area (Å²) in [6, 6.07) is 14.5. The Hall–Kier alpha value is -2.49. The number of aryl methyl sites for hydroxylation is 1. The van der Waals surface area contributed by atoms with Crippen molar-refractivity contribution in [2.75, 3.05) is 0 Å². The van der Waals surface area contributed by atoms with Crippen LogP contribution in [0.4, 0.5) is 4.39 Å². The lowest BCUT2D eigenvalue weighted by atomic mass is 10.1. The molecule has 0 N–H and O–H groups in total. The molecule has 0 radical (unpaired) electrons. The Labute approximate surface area is 110 Å². The Bertz CT molecular complexity index is 704. The molecule has 2 aromatic carbocycles. The van der Waals surface area contributed by atoms with E-state index < -0.39 is 0 Å². The summed E-state index contributed by atoms with van der Waals surface area (Å²) in [5.74, 6) is 0.468. The number of halogens is 1. The van der Waals surface area contributed by atoms with Crippen LogP contribution in [-0.4, -0.2) is 14.8 Å². The zero-order valence-corrected chi connectivity index (χ0v) is 10.4. The third kappa shape index (κ3) is 2.12. The van der Waals surface area contributed by atoms with Crippen molar-refractivity contribution in [3.63, 3.8) is 0 Å². The fourth-order valence-corrected chi connectivity index (χ4v) is 2.07. The average Bonchev–Trinajstić information content (AvgIpc) is 2.89. The van der Waals surface area contributed by atoms with Gasteiger partial charge in [0.15, 0.2) is 5.82 Å². The molecule has 0 fully saturated rings. The van der Waals surface area contributed by atoms with Gasteiger partial charge in [0.25, 0.3) is 0 Å². The molecular formula is C15H12FN3. The van der Waals surface area contributed by atoms with E-state index >= 15 is 0 Å². The molecule has 0 spiro atoms. The van der Waals surface area contributed by atoms with E-state index in [9.17, 15) is 4.39 Å². The standard InChI is InChI=1S/C15H12FN3/c1-11-9-12(16)7-8-14(11)15-18-17-10-19(15)13-5-3-2-4-6-13/h2-10H,1H3. The van der Waals surface area contributed by atoms with Gasteiger partial charge in [-0.1, -0.05) is 18.2 Å². The molecule has 0 amide bonds. The number of para-hydroxylation sites is 1. The summed E-state index contributed by atoms with van der Waals surface area (Å²) < 4.78 is 15.1. The molecule has 94 valence electrons. The summed E-state index contributed by atoms with van der Waals surface area (Å²) in [4.78, 5) is 0. The summed E-state index contributed by atoms with van der Waals surface area (Å²) in [6.45, 7) is 1.86. The van der Waals surface area contributed by atoms with Crippen LogP contribution >= 0.6 is 0 Å². The highest BCUT2D eigenvalue weighted by molar-refractivity contribution is 5.62. The molecule has 1 heterocycles. The van der Waals surface area contributed by atoms with Gasteiger partial charge in [-0.05, 0) is 42.8 Å². The van der Waals surface area contributed by atoms with Crippen LogP contribution in [0.15, 0.2) is 54.9 Å². The minimum absolute atomic E-state index is 0.243. The summed E-state index contributed by atoms with van der Waals surface area (Å²) in [7, 11) is 0. The molecule has 0 saturated carbocycles. The van der Waals surface area contributed by atoms with Crippen LogP contribution in [0.25, 0.3) is 17.1 Å². The first-order valence-electron chi connectivity index (χ1n) is 5.97. The molecule has 3 nitrogen and oxygen atoms in total. The molecule has 0 atom stereocenters. The van der Waals surface area contributed by atoms with Crippen LogP contribution in [-0.2, 0) is 0 Å². The number of hydrogen-bond acceptors (Lipinski definition) is 2. The number of hydrogen-bond donors (Lipinski definition) is 0. The van der Waals surface area contributed by atoms with Crippen molar-refractivity contribution in [3.8, 4) is 17.1 Å². The summed E-state index contributed by atoms with van der Waals surface area (Å²) in [5, 5.41) is 8.10. The van der Waals surface area contributed by atoms with Crippen LogP contribution in [0.1, 0.15) is 5.56 Å².